The number of nitrogens with zero attached hydrogens (tertiary/aromatic N) is 1. The zero-order chi connectivity index (χ0) is 26.0. The fourth-order valence-electron chi connectivity index (χ4n) is 3.13. The summed E-state index contributed by atoms with van der Waals surface area (Å²) in [4.78, 5) is 61.5. The predicted octanol–water partition coefficient (Wildman–Crippen LogP) is 0.690. The molecule has 1 aliphatic rings. The van der Waals surface area contributed by atoms with E-state index in [4.69, 9.17) is 18.9 Å². The fourth-order valence-corrected chi connectivity index (χ4v) is 3.13. The van der Waals surface area contributed by atoms with E-state index in [0.717, 1.165) is 25.7 Å². The van der Waals surface area contributed by atoms with Crippen LogP contribution >= 0.6 is 0 Å². The molecule has 0 bridgehead atoms. The number of rotatable bonds is 11. The highest BCUT2D eigenvalue weighted by Crippen LogP contribution is 2.29. The molecule has 35 heavy (non-hydrogen) atoms. The normalized spacial score (nSPS) is 16.4. The Bertz CT molecular complexity index is 962. The van der Waals surface area contributed by atoms with Crippen LogP contribution in [0.5, 0.6) is 0 Å². The molecule has 2 rings (SSSR count). The number of ether oxygens (including phenoxy) is 5. The molecule has 1 aromatic carbocycles. The SMILES string of the molecule is COCC(=O)O[C@@H]([C@@H](/C=C(\NC(C)=O)C(=O)OC)OC(C)=O)[C@@H]1CN1C(=O)OCc1ccccc1. The predicted molar refractivity (Wildman–Crippen MR) is 118 cm³/mol. The van der Waals surface area contributed by atoms with Gasteiger partial charge in [-0.25, -0.2) is 14.4 Å². The van der Waals surface area contributed by atoms with Gasteiger partial charge in [-0.05, 0) is 11.6 Å². The second-order valence-corrected chi connectivity index (χ2v) is 7.47. The van der Waals surface area contributed by atoms with Crippen molar-refractivity contribution in [3.63, 3.8) is 0 Å². The summed E-state index contributed by atoms with van der Waals surface area (Å²) in [5, 5.41) is 2.29. The molecule has 1 aromatic rings. The van der Waals surface area contributed by atoms with Crippen molar-refractivity contribution in [2.75, 3.05) is 27.4 Å². The van der Waals surface area contributed by atoms with Gasteiger partial charge in [0, 0.05) is 27.5 Å². The molecule has 0 unspecified atom stereocenters. The van der Waals surface area contributed by atoms with E-state index in [1.165, 1.54) is 18.9 Å². The molecule has 3 atom stereocenters. The number of hydrogen-bond acceptors (Lipinski definition) is 10. The second kappa shape index (κ2) is 13.1. The van der Waals surface area contributed by atoms with Crippen molar-refractivity contribution in [1.82, 2.24) is 10.2 Å². The zero-order valence-corrected chi connectivity index (χ0v) is 19.8. The Morgan fingerprint density at radius 2 is 1.77 bits per heavy atom. The van der Waals surface area contributed by atoms with Crippen molar-refractivity contribution in [2.24, 2.45) is 0 Å². The minimum atomic E-state index is -1.36. The van der Waals surface area contributed by atoms with Crippen molar-refractivity contribution < 1.29 is 47.7 Å². The summed E-state index contributed by atoms with van der Waals surface area (Å²) < 4.78 is 25.5. The lowest BCUT2D eigenvalue weighted by Crippen LogP contribution is -2.42. The van der Waals surface area contributed by atoms with E-state index in [2.05, 4.69) is 10.1 Å². The van der Waals surface area contributed by atoms with Crippen molar-refractivity contribution in [3.05, 3.63) is 47.7 Å². The van der Waals surface area contributed by atoms with Gasteiger partial charge in [-0.1, -0.05) is 30.3 Å². The van der Waals surface area contributed by atoms with Crippen LogP contribution in [0.1, 0.15) is 19.4 Å². The summed E-state index contributed by atoms with van der Waals surface area (Å²) in [6.45, 7) is 2.02. The van der Waals surface area contributed by atoms with Crippen LogP contribution < -0.4 is 5.32 Å². The first-order chi connectivity index (χ1) is 16.7. The van der Waals surface area contributed by atoms with Crippen molar-refractivity contribution >= 4 is 29.9 Å². The van der Waals surface area contributed by atoms with E-state index in [1.807, 2.05) is 6.07 Å². The number of benzene rings is 1. The Hall–Kier alpha value is -3.93. The molecule has 2 amide bonds. The van der Waals surface area contributed by atoms with Gasteiger partial charge in [0.1, 0.15) is 18.9 Å². The first-order valence-corrected chi connectivity index (χ1v) is 10.6. The fraction of sp³-hybridized carbons (Fsp3) is 0.435. The van der Waals surface area contributed by atoms with Gasteiger partial charge in [0.05, 0.1) is 13.2 Å². The van der Waals surface area contributed by atoms with E-state index >= 15 is 0 Å². The summed E-state index contributed by atoms with van der Waals surface area (Å²) in [5.41, 5.74) is 0.443. The summed E-state index contributed by atoms with van der Waals surface area (Å²) in [6, 6.07) is 8.28. The number of carbonyl (C=O) groups is 5. The lowest BCUT2D eigenvalue weighted by Gasteiger charge is -2.25. The van der Waals surface area contributed by atoms with Gasteiger partial charge >= 0.3 is 24.0 Å². The van der Waals surface area contributed by atoms with E-state index < -0.39 is 54.8 Å². The Kier molecular flexibility index (Phi) is 10.2. The third kappa shape index (κ3) is 8.74. The van der Waals surface area contributed by atoms with Crippen LogP contribution in [0, 0.1) is 0 Å². The number of hydrogen-bond donors (Lipinski definition) is 1. The number of methoxy groups -OCH3 is 2. The first kappa shape index (κ1) is 27.3. The van der Waals surface area contributed by atoms with Crippen molar-refractivity contribution in [3.8, 4) is 0 Å². The molecule has 1 saturated heterocycles. The van der Waals surface area contributed by atoms with Gasteiger partial charge in [0.15, 0.2) is 12.2 Å². The maximum Gasteiger partial charge on any atom is 0.410 e. The standard InChI is InChI=1S/C23H28N2O10/c1-14(26)24-17(22(29)32-4)10-19(34-15(2)27)21(35-20(28)13-31-3)18-11-25(18)23(30)33-12-16-8-6-5-7-9-16/h5-10,18-19,21H,11-13H2,1-4H3,(H,24,26)/b17-10-/t18-,19+,21+,25?/m0/s1. The lowest BCUT2D eigenvalue weighted by molar-refractivity contribution is -0.166. The highest BCUT2D eigenvalue weighted by Gasteiger charge is 2.51. The van der Waals surface area contributed by atoms with Gasteiger partial charge in [-0.15, -0.1) is 0 Å². The van der Waals surface area contributed by atoms with Gasteiger partial charge in [0.2, 0.25) is 5.91 Å². The molecule has 0 saturated carbocycles. The number of amides is 2. The van der Waals surface area contributed by atoms with Crippen LogP contribution in [0.3, 0.4) is 0 Å². The Morgan fingerprint density at radius 1 is 1.09 bits per heavy atom. The van der Waals surface area contributed by atoms with E-state index in [0.29, 0.717) is 0 Å². The summed E-state index contributed by atoms with van der Waals surface area (Å²) >= 11 is 0. The molecule has 1 N–H and O–H groups in total. The largest absolute Gasteiger partial charge is 0.464 e. The quantitative estimate of drug-likeness (QED) is 0.203. The topological polar surface area (TPSA) is 147 Å². The third-order valence-electron chi connectivity index (χ3n) is 4.67. The number of esters is 3. The van der Waals surface area contributed by atoms with Crippen LogP contribution in [0.15, 0.2) is 42.1 Å². The highest BCUT2D eigenvalue weighted by atomic mass is 16.6. The van der Waals surface area contributed by atoms with Gasteiger partial charge in [0.25, 0.3) is 0 Å². The average Bonchev–Trinajstić information content (AvgIpc) is 3.60. The molecule has 1 fully saturated rings. The van der Waals surface area contributed by atoms with E-state index in [9.17, 15) is 24.0 Å². The van der Waals surface area contributed by atoms with Crippen LogP contribution in [-0.2, 0) is 49.5 Å². The smallest absolute Gasteiger partial charge is 0.410 e. The van der Waals surface area contributed by atoms with Crippen LogP contribution in [0.2, 0.25) is 0 Å². The molecule has 12 heteroatoms. The zero-order valence-electron chi connectivity index (χ0n) is 19.8. The van der Waals surface area contributed by atoms with Crippen LogP contribution in [-0.4, -0.2) is 80.4 Å². The van der Waals surface area contributed by atoms with E-state index in [-0.39, 0.29) is 18.8 Å². The van der Waals surface area contributed by atoms with Crippen LogP contribution in [0.25, 0.3) is 0 Å². The molecule has 1 heterocycles. The molecular formula is C23H28N2O10. The number of nitrogens with one attached hydrogen (secondary N) is 1. The number of carbonyl (C=O) groups excluding carboxylic acids is 5. The molecule has 12 nitrogen and oxygen atoms in total. The highest BCUT2D eigenvalue weighted by molar-refractivity contribution is 5.93. The molecule has 1 aliphatic heterocycles. The lowest BCUT2D eigenvalue weighted by atomic mass is 10.1. The Morgan fingerprint density at radius 3 is 2.34 bits per heavy atom. The first-order valence-electron chi connectivity index (χ1n) is 10.6. The molecule has 0 aromatic heterocycles. The second-order valence-electron chi connectivity index (χ2n) is 7.47. The minimum absolute atomic E-state index is 0.0271. The van der Waals surface area contributed by atoms with Gasteiger partial charge < -0.3 is 29.0 Å². The third-order valence-corrected chi connectivity index (χ3v) is 4.67. The summed E-state index contributed by atoms with van der Waals surface area (Å²) in [5.74, 6) is -3.07. The Balaban J connectivity index is 2.27. The monoisotopic (exact) mass is 492 g/mol. The average molecular weight is 492 g/mol. The van der Waals surface area contributed by atoms with Gasteiger partial charge in [-0.2, -0.15) is 0 Å². The van der Waals surface area contributed by atoms with E-state index in [1.54, 1.807) is 24.3 Å². The molecule has 0 spiro atoms. The van der Waals surface area contributed by atoms with Crippen LogP contribution in [0.4, 0.5) is 4.79 Å². The Labute approximate surface area is 202 Å². The summed E-state index contributed by atoms with van der Waals surface area (Å²) in [7, 11) is 2.39. The van der Waals surface area contributed by atoms with Crippen molar-refractivity contribution in [2.45, 2.75) is 38.7 Å². The molecule has 0 radical (unpaired) electrons. The maximum absolute atomic E-state index is 12.6. The molecular weight excluding hydrogens is 464 g/mol. The summed E-state index contributed by atoms with van der Waals surface area (Å²) in [6.07, 6.45) is -2.18. The van der Waals surface area contributed by atoms with Crippen molar-refractivity contribution in [1.29, 1.82) is 0 Å². The molecule has 0 aliphatic carbocycles. The van der Waals surface area contributed by atoms with Gasteiger partial charge in [-0.3, -0.25) is 14.5 Å². The molecule has 190 valence electrons. The maximum atomic E-state index is 12.6. The minimum Gasteiger partial charge on any atom is -0.464 e.